The fourth-order valence-electron chi connectivity index (χ4n) is 2.49. The molecule has 1 aliphatic rings. The van der Waals surface area contributed by atoms with Crippen LogP contribution in [0, 0.1) is 11.3 Å². The molecule has 1 unspecified atom stereocenters. The minimum Gasteiger partial charge on any atom is -0.481 e. The van der Waals surface area contributed by atoms with Crippen LogP contribution in [0.2, 0.25) is 0 Å². The van der Waals surface area contributed by atoms with E-state index in [9.17, 15) is 9.59 Å². The van der Waals surface area contributed by atoms with Gasteiger partial charge >= 0.3 is 12.0 Å². The maximum atomic E-state index is 12.0. The van der Waals surface area contributed by atoms with Crippen LogP contribution in [0.15, 0.2) is 0 Å². The Morgan fingerprint density at radius 2 is 1.79 bits per heavy atom. The van der Waals surface area contributed by atoms with Crippen LogP contribution in [0.5, 0.6) is 0 Å². The first-order valence-electron chi connectivity index (χ1n) is 7.03. The number of carboxylic acid groups (broad SMARTS) is 1. The molecule has 1 rings (SSSR count). The highest BCUT2D eigenvalue weighted by Crippen LogP contribution is 2.30. The van der Waals surface area contributed by atoms with Gasteiger partial charge in [0.15, 0.2) is 0 Å². The molecule has 1 fully saturated rings. The highest BCUT2D eigenvalue weighted by molar-refractivity contribution is 5.77. The highest BCUT2D eigenvalue weighted by Gasteiger charge is 2.38. The summed E-state index contributed by atoms with van der Waals surface area (Å²) in [5.74, 6) is -0.215. The van der Waals surface area contributed by atoms with E-state index in [1.807, 2.05) is 6.92 Å². The first kappa shape index (κ1) is 15.8. The smallest absolute Gasteiger partial charge is 0.317 e. The minimum atomic E-state index is -0.763. The van der Waals surface area contributed by atoms with Crippen LogP contribution >= 0.6 is 0 Å². The predicted octanol–water partition coefficient (Wildman–Crippen LogP) is 2.32. The summed E-state index contributed by atoms with van der Waals surface area (Å²) in [4.78, 5) is 24.9. The summed E-state index contributed by atoms with van der Waals surface area (Å²) in [7, 11) is 0. The number of hydrogen-bond donors (Lipinski definition) is 2. The fourth-order valence-corrected chi connectivity index (χ4v) is 2.49. The maximum absolute atomic E-state index is 12.0. The van der Waals surface area contributed by atoms with Crippen molar-refractivity contribution in [3.8, 4) is 0 Å². The molecule has 0 spiro atoms. The van der Waals surface area contributed by atoms with Crippen molar-refractivity contribution in [2.75, 3.05) is 13.1 Å². The van der Waals surface area contributed by atoms with E-state index in [0.29, 0.717) is 31.8 Å². The van der Waals surface area contributed by atoms with E-state index in [-0.39, 0.29) is 12.1 Å². The standard InChI is InChI=1S/C14H26N2O3/c1-10(2)9-11(3)15-13(19)16-7-5-14(4,6-8-16)12(17)18/h10-11H,5-9H2,1-4H3,(H,15,19)(H,17,18). The van der Waals surface area contributed by atoms with Crippen molar-refractivity contribution in [1.29, 1.82) is 0 Å². The number of aliphatic carboxylic acids is 1. The van der Waals surface area contributed by atoms with Gasteiger partial charge in [0.1, 0.15) is 0 Å². The molecule has 2 N–H and O–H groups in total. The number of urea groups is 1. The molecular formula is C14H26N2O3. The number of nitrogens with zero attached hydrogens (tertiary/aromatic N) is 1. The molecule has 0 aliphatic carbocycles. The topological polar surface area (TPSA) is 69.6 Å². The lowest BCUT2D eigenvalue weighted by Crippen LogP contribution is -2.50. The normalized spacial score (nSPS) is 20.2. The monoisotopic (exact) mass is 270 g/mol. The first-order valence-corrected chi connectivity index (χ1v) is 7.03. The first-order chi connectivity index (χ1) is 8.74. The fraction of sp³-hybridized carbons (Fsp3) is 0.857. The Morgan fingerprint density at radius 1 is 1.26 bits per heavy atom. The third-order valence-corrected chi connectivity index (χ3v) is 3.87. The van der Waals surface area contributed by atoms with E-state index < -0.39 is 11.4 Å². The highest BCUT2D eigenvalue weighted by atomic mass is 16.4. The minimum absolute atomic E-state index is 0.0689. The van der Waals surface area contributed by atoms with Gasteiger partial charge in [0.2, 0.25) is 0 Å². The second-order valence-corrected chi connectivity index (χ2v) is 6.33. The lowest BCUT2D eigenvalue weighted by molar-refractivity contribution is -0.150. The molecule has 0 radical (unpaired) electrons. The zero-order valence-corrected chi connectivity index (χ0v) is 12.4. The summed E-state index contributed by atoms with van der Waals surface area (Å²) in [5.41, 5.74) is -0.680. The number of nitrogens with one attached hydrogen (secondary N) is 1. The van der Waals surface area contributed by atoms with E-state index >= 15 is 0 Å². The Hall–Kier alpha value is -1.26. The van der Waals surface area contributed by atoms with Crippen LogP contribution in [0.1, 0.15) is 47.0 Å². The summed E-state index contributed by atoms with van der Waals surface area (Å²) in [5, 5.41) is 12.1. The second-order valence-electron chi connectivity index (χ2n) is 6.33. The van der Waals surface area contributed by atoms with Gasteiger partial charge in [-0.05, 0) is 39.0 Å². The van der Waals surface area contributed by atoms with E-state index in [1.165, 1.54) is 0 Å². The Labute approximate surface area is 115 Å². The third kappa shape index (κ3) is 4.40. The summed E-state index contributed by atoms with van der Waals surface area (Å²) < 4.78 is 0. The molecule has 1 heterocycles. The lowest BCUT2D eigenvalue weighted by atomic mass is 9.80. The van der Waals surface area contributed by atoms with Crippen molar-refractivity contribution in [1.82, 2.24) is 10.2 Å². The Balaban J connectivity index is 2.43. The molecule has 0 saturated carbocycles. The molecule has 0 bridgehead atoms. The molecule has 5 nitrogen and oxygen atoms in total. The van der Waals surface area contributed by atoms with Crippen molar-refractivity contribution < 1.29 is 14.7 Å². The summed E-state index contributed by atoms with van der Waals surface area (Å²) in [6.45, 7) is 9.05. The van der Waals surface area contributed by atoms with Crippen LogP contribution in [-0.4, -0.2) is 41.1 Å². The van der Waals surface area contributed by atoms with Crippen molar-refractivity contribution >= 4 is 12.0 Å². The molecule has 1 saturated heterocycles. The van der Waals surface area contributed by atoms with Gasteiger partial charge in [0.05, 0.1) is 5.41 Å². The molecule has 2 amide bonds. The number of carboxylic acids is 1. The van der Waals surface area contributed by atoms with Gasteiger partial charge in [-0.3, -0.25) is 4.79 Å². The maximum Gasteiger partial charge on any atom is 0.317 e. The number of rotatable bonds is 4. The summed E-state index contributed by atoms with van der Waals surface area (Å²) in [6.07, 6.45) is 2.00. The van der Waals surface area contributed by atoms with Gasteiger partial charge in [-0.2, -0.15) is 0 Å². The van der Waals surface area contributed by atoms with Gasteiger partial charge in [-0.15, -0.1) is 0 Å². The van der Waals surface area contributed by atoms with Gasteiger partial charge in [-0.1, -0.05) is 13.8 Å². The van der Waals surface area contributed by atoms with Gasteiger partial charge in [-0.25, -0.2) is 4.79 Å². The quantitative estimate of drug-likeness (QED) is 0.823. The van der Waals surface area contributed by atoms with Gasteiger partial charge < -0.3 is 15.3 Å². The van der Waals surface area contributed by atoms with E-state index in [4.69, 9.17) is 5.11 Å². The van der Waals surface area contributed by atoms with Gasteiger partial charge in [0.25, 0.3) is 0 Å². The zero-order chi connectivity index (χ0) is 14.6. The molecule has 19 heavy (non-hydrogen) atoms. The molecular weight excluding hydrogens is 244 g/mol. The SMILES string of the molecule is CC(C)CC(C)NC(=O)N1CCC(C)(C(=O)O)CC1. The second kappa shape index (κ2) is 6.26. The number of hydrogen-bond acceptors (Lipinski definition) is 2. The molecule has 110 valence electrons. The Kier molecular flexibility index (Phi) is 5.20. The van der Waals surface area contributed by atoms with Crippen LogP contribution in [0.4, 0.5) is 4.79 Å². The third-order valence-electron chi connectivity index (χ3n) is 3.87. The van der Waals surface area contributed by atoms with Crippen molar-refractivity contribution in [3.05, 3.63) is 0 Å². The number of likely N-dealkylation sites (tertiary alicyclic amines) is 1. The predicted molar refractivity (Wildman–Crippen MR) is 74.0 cm³/mol. The summed E-state index contributed by atoms with van der Waals surface area (Å²) >= 11 is 0. The molecule has 1 aliphatic heterocycles. The lowest BCUT2D eigenvalue weighted by Gasteiger charge is -2.36. The van der Waals surface area contributed by atoms with Crippen LogP contribution < -0.4 is 5.32 Å². The Bertz CT molecular complexity index is 334. The number of carbonyl (C=O) groups is 2. The largest absolute Gasteiger partial charge is 0.481 e. The number of carbonyl (C=O) groups excluding carboxylic acids is 1. The van der Waals surface area contributed by atoms with Crippen molar-refractivity contribution in [2.24, 2.45) is 11.3 Å². The number of piperidine rings is 1. The number of amides is 2. The molecule has 0 aromatic heterocycles. The summed E-state index contributed by atoms with van der Waals surface area (Å²) in [6, 6.07) is 0.0841. The van der Waals surface area contributed by atoms with Crippen LogP contribution in [0.25, 0.3) is 0 Å². The Morgan fingerprint density at radius 3 is 2.21 bits per heavy atom. The van der Waals surface area contributed by atoms with E-state index in [0.717, 1.165) is 6.42 Å². The van der Waals surface area contributed by atoms with Gasteiger partial charge in [0, 0.05) is 19.1 Å². The van der Waals surface area contributed by atoms with E-state index in [1.54, 1.807) is 11.8 Å². The average molecular weight is 270 g/mol. The molecule has 0 aromatic carbocycles. The van der Waals surface area contributed by atoms with E-state index in [2.05, 4.69) is 19.2 Å². The molecule has 5 heteroatoms. The average Bonchev–Trinajstić information content (AvgIpc) is 2.28. The van der Waals surface area contributed by atoms with Crippen LogP contribution in [0.3, 0.4) is 0 Å². The molecule has 0 aromatic rings. The van der Waals surface area contributed by atoms with Crippen LogP contribution in [-0.2, 0) is 4.79 Å². The zero-order valence-electron chi connectivity index (χ0n) is 12.4. The van der Waals surface area contributed by atoms with Crippen molar-refractivity contribution in [3.63, 3.8) is 0 Å². The van der Waals surface area contributed by atoms with Crippen molar-refractivity contribution in [2.45, 2.75) is 53.0 Å². The molecule has 1 atom stereocenters.